The molecule has 8 nitrogen and oxygen atoms in total. The van der Waals surface area contributed by atoms with Gasteiger partial charge in [-0.15, -0.1) is 10.2 Å². The molecular weight excluding hydrogens is 344 g/mol. The molecule has 2 rings (SSSR count). The third-order valence-corrected chi connectivity index (χ3v) is 4.52. The Balaban J connectivity index is 2.02. The molecule has 0 saturated carbocycles. The minimum absolute atomic E-state index is 0.648. The molecule has 0 unspecified atom stereocenters. The Morgan fingerprint density at radius 2 is 1.17 bits per heavy atom. The maximum atomic E-state index is 4.51. The lowest BCUT2D eigenvalue weighted by atomic mass is 10.3. The van der Waals surface area contributed by atoms with Crippen molar-refractivity contribution >= 4 is 23.5 Å². The van der Waals surface area contributed by atoms with E-state index in [1.54, 1.807) is 35.9 Å². The molecule has 10 heteroatoms. The molecule has 130 valence electrons. The fourth-order valence-corrected chi connectivity index (χ4v) is 3.40. The summed E-state index contributed by atoms with van der Waals surface area (Å²) in [6, 6.07) is 0. The van der Waals surface area contributed by atoms with Crippen molar-refractivity contribution < 1.29 is 0 Å². The zero-order chi connectivity index (χ0) is 17.4. The molecule has 2 heterocycles. The van der Waals surface area contributed by atoms with Crippen LogP contribution >= 0.6 is 23.5 Å². The molecule has 0 aliphatic heterocycles. The summed E-state index contributed by atoms with van der Waals surface area (Å²) in [6.45, 7) is 1.92. The Bertz CT molecular complexity index is 582. The van der Waals surface area contributed by atoms with Crippen LogP contribution in [-0.4, -0.2) is 92.9 Å². The van der Waals surface area contributed by atoms with Gasteiger partial charge in [0.05, 0.1) is 12.4 Å². The quantitative estimate of drug-likeness (QED) is 0.600. The largest absolute Gasteiger partial charge is 0.309 e. The van der Waals surface area contributed by atoms with E-state index >= 15 is 0 Å². The standard InChI is InChI=1S/C14H22N8S2/c1-21(2)5-7-23-13-17-11(9-15-19-13)12-10-16-20-14(18-12)24-8-6-22(3)4/h9-10H,5-8H2,1-4H3. The molecule has 0 amide bonds. The average molecular weight is 367 g/mol. The number of hydrogen-bond donors (Lipinski definition) is 0. The van der Waals surface area contributed by atoms with Crippen molar-refractivity contribution in [3.05, 3.63) is 12.4 Å². The Kier molecular flexibility index (Phi) is 7.76. The third-order valence-electron chi connectivity index (χ3n) is 2.88. The lowest BCUT2D eigenvalue weighted by Crippen LogP contribution is -2.15. The highest BCUT2D eigenvalue weighted by atomic mass is 32.2. The molecule has 0 saturated heterocycles. The molecule has 0 spiro atoms. The van der Waals surface area contributed by atoms with Crippen molar-refractivity contribution in [3.63, 3.8) is 0 Å². The predicted octanol–water partition coefficient (Wildman–Crippen LogP) is 1.03. The summed E-state index contributed by atoms with van der Waals surface area (Å²) in [5.74, 6) is 1.82. The minimum atomic E-state index is 0.648. The van der Waals surface area contributed by atoms with Crippen LogP contribution in [0.15, 0.2) is 22.7 Å². The number of hydrogen-bond acceptors (Lipinski definition) is 10. The van der Waals surface area contributed by atoms with Crippen LogP contribution in [0.3, 0.4) is 0 Å². The van der Waals surface area contributed by atoms with Crippen molar-refractivity contribution in [1.82, 2.24) is 40.2 Å². The molecule has 0 atom stereocenters. The SMILES string of the molecule is CN(C)CCSc1nncc(-c2cnnc(SCCN(C)C)n2)n1. The van der Waals surface area contributed by atoms with E-state index in [4.69, 9.17) is 0 Å². The summed E-state index contributed by atoms with van der Waals surface area (Å²) in [4.78, 5) is 13.3. The van der Waals surface area contributed by atoms with Gasteiger partial charge < -0.3 is 9.80 Å². The van der Waals surface area contributed by atoms with E-state index < -0.39 is 0 Å². The normalized spacial score (nSPS) is 11.4. The van der Waals surface area contributed by atoms with Crippen LogP contribution in [0.1, 0.15) is 0 Å². The first kappa shape index (κ1) is 19.0. The molecule has 24 heavy (non-hydrogen) atoms. The molecule has 2 aromatic rings. The number of rotatable bonds is 9. The van der Waals surface area contributed by atoms with E-state index in [-0.39, 0.29) is 0 Å². The van der Waals surface area contributed by atoms with Gasteiger partial charge in [-0.3, -0.25) is 0 Å². The van der Waals surface area contributed by atoms with Crippen molar-refractivity contribution in [3.8, 4) is 11.4 Å². The topological polar surface area (TPSA) is 83.8 Å². The first-order chi connectivity index (χ1) is 11.5. The van der Waals surface area contributed by atoms with E-state index in [2.05, 4.69) is 40.2 Å². The first-order valence-electron chi connectivity index (χ1n) is 7.49. The van der Waals surface area contributed by atoms with Crippen LogP contribution in [0.4, 0.5) is 0 Å². The van der Waals surface area contributed by atoms with Gasteiger partial charge in [0.15, 0.2) is 0 Å². The summed E-state index contributed by atoms with van der Waals surface area (Å²) >= 11 is 3.16. The Morgan fingerprint density at radius 3 is 1.54 bits per heavy atom. The van der Waals surface area contributed by atoms with Crippen molar-refractivity contribution in [2.24, 2.45) is 0 Å². The minimum Gasteiger partial charge on any atom is -0.309 e. The van der Waals surface area contributed by atoms with Crippen LogP contribution < -0.4 is 0 Å². The van der Waals surface area contributed by atoms with Crippen LogP contribution in [0.2, 0.25) is 0 Å². The van der Waals surface area contributed by atoms with E-state index in [0.29, 0.717) is 21.7 Å². The lowest BCUT2D eigenvalue weighted by molar-refractivity contribution is 0.437. The second kappa shape index (κ2) is 9.82. The van der Waals surface area contributed by atoms with E-state index in [1.807, 2.05) is 28.2 Å². The molecule has 0 aromatic carbocycles. The molecular formula is C14H22N8S2. The van der Waals surface area contributed by atoms with Crippen LogP contribution in [0, 0.1) is 0 Å². The zero-order valence-electron chi connectivity index (χ0n) is 14.4. The number of aromatic nitrogens is 6. The predicted molar refractivity (Wildman–Crippen MR) is 97.2 cm³/mol. The van der Waals surface area contributed by atoms with Crippen molar-refractivity contribution in [1.29, 1.82) is 0 Å². The van der Waals surface area contributed by atoms with Gasteiger partial charge >= 0.3 is 0 Å². The number of thioether (sulfide) groups is 2. The van der Waals surface area contributed by atoms with Crippen LogP contribution in [-0.2, 0) is 0 Å². The van der Waals surface area contributed by atoms with E-state index in [1.165, 1.54) is 0 Å². The van der Waals surface area contributed by atoms with Gasteiger partial charge in [-0.1, -0.05) is 23.5 Å². The van der Waals surface area contributed by atoms with E-state index in [0.717, 1.165) is 24.6 Å². The maximum absolute atomic E-state index is 4.51. The van der Waals surface area contributed by atoms with Gasteiger partial charge in [-0.05, 0) is 28.2 Å². The maximum Gasteiger partial charge on any atom is 0.209 e. The highest BCUT2D eigenvalue weighted by Crippen LogP contribution is 2.19. The summed E-state index contributed by atoms with van der Waals surface area (Å²) < 4.78 is 0. The molecule has 2 aromatic heterocycles. The summed E-state index contributed by atoms with van der Waals surface area (Å²) in [7, 11) is 8.16. The average Bonchev–Trinajstić information content (AvgIpc) is 2.55. The third kappa shape index (κ3) is 6.63. The molecule has 0 N–H and O–H groups in total. The van der Waals surface area contributed by atoms with Crippen LogP contribution in [0.25, 0.3) is 11.4 Å². The van der Waals surface area contributed by atoms with Crippen LogP contribution in [0.5, 0.6) is 0 Å². The highest BCUT2D eigenvalue weighted by molar-refractivity contribution is 7.99. The van der Waals surface area contributed by atoms with Gasteiger partial charge in [-0.25, -0.2) is 9.97 Å². The Labute approximate surface area is 150 Å². The van der Waals surface area contributed by atoms with Gasteiger partial charge in [0, 0.05) is 24.6 Å². The molecule has 0 bridgehead atoms. The van der Waals surface area contributed by atoms with E-state index in [9.17, 15) is 0 Å². The lowest BCUT2D eigenvalue weighted by Gasteiger charge is -2.08. The Hall–Kier alpha value is -1.36. The molecule has 0 aliphatic carbocycles. The summed E-state index contributed by atoms with van der Waals surface area (Å²) in [5.41, 5.74) is 1.34. The smallest absolute Gasteiger partial charge is 0.209 e. The molecule has 0 radical (unpaired) electrons. The summed E-state index contributed by atoms with van der Waals surface area (Å²) in [5, 5.41) is 17.5. The highest BCUT2D eigenvalue weighted by Gasteiger charge is 2.08. The Morgan fingerprint density at radius 1 is 0.750 bits per heavy atom. The fraction of sp³-hybridized carbons (Fsp3) is 0.571. The number of nitrogens with zero attached hydrogens (tertiary/aromatic N) is 8. The molecule has 0 fully saturated rings. The fourth-order valence-electron chi connectivity index (χ4n) is 1.58. The van der Waals surface area contributed by atoms with Gasteiger partial charge in [0.2, 0.25) is 10.3 Å². The molecule has 0 aliphatic rings. The summed E-state index contributed by atoms with van der Waals surface area (Å²) in [6.07, 6.45) is 3.21. The van der Waals surface area contributed by atoms with Gasteiger partial charge in [0.25, 0.3) is 0 Å². The monoisotopic (exact) mass is 366 g/mol. The second-order valence-corrected chi connectivity index (χ2v) is 7.68. The van der Waals surface area contributed by atoms with Gasteiger partial charge in [-0.2, -0.15) is 10.2 Å². The second-order valence-electron chi connectivity index (χ2n) is 5.55. The zero-order valence-corrected chi connectivity index (χ0v) is 16.0. The van der Waals surface area contributed by atoms with Crippen molar-refractivity contribution in [2.45, 2.75) is 10.3 Å². The van der Waals surface area contributed by atoms with Gasteiger partial charge in [0.1, 0.15) is 11.4 Å². The first-order valence-corrected chi connectivity index (χ1v) is 9.46. The van der Waals surface area contributed by atoms with Crippen molar-refractivity contribution in [2.75, 3.05) is 52.8 Å².